The number of hydrogen-bond acceptors (Lipinski definition) is 5. The molecule has 5 nitrogen and oxygen atoms in total. The zero-order chi connectivity index (χ0) is 14.5. The van der Waals surface area contributed by atoms with Crippen LogP contribution in [0.1, 0.15) is 19.3 Å². The lowest BCUT2D eigenvalue weighted by Gasteiger charge is -2.27. The molecule has 2 aromatic rings. The summed E-state index contributed by atoms with van der Waals surface area (Å²) in [4.78, 5) is 11.2. The van der Waals surface area contributed by atoms with Crippen LogP contribution in [-0.4, -0.2) is 30.2 Å². The molecule has 1 N–H and O–H groups in total. The minimum Gasteiger partial charge on any atom is -0.495 e. The van der Waals surface area contributed by atoms with Crippen molar-refractivity contribution < 1.29 is 4.74 Å². The van der Waals surface area contributed by atoms with E-state index < -0.39 is 0 Å². The number of ether oxygens (including phenoxy) is 1. The number of anilines is 3. The molecular formula is C16H20N4O. The van der Waals surface area contributed by atoms with E-state index in [4.69, 9.17) is 4.74 Å². The van der Waals surface area contributed by atoms with Gasteiger partial charge in [-0.1, -0.05) is 12.1 Å². The Balaban J connectivity index is 1.79. The number of rotatable bonds is 4. The Kier molecular flexibility index (Phi) is 4.19. The van der Waals surface area contributed by atoms with E-state index >= 15 is 0 Å². The highest BCUT2D eigenvalue weighted by molar-refractivity contribution is 5.63. The molecular weight excluding hydrogens is 264 g/mol. The van der Waals surface area contributed by atoms with Crippen LogP contribution in [0.25, 0.3) is 0 Å². The zero-order valence-corrected chi connectivity index (χ0v) is 12.2. The molecule has 3 rings (SSSR count). The molecule has 0 amide bonds. The quantitative estimate of drug-likeness (QED) is 0.934. The first-order valence-electron chi connectivity index (χ1n) is 7.35. The van der Waals surface area contributed by atoms with E-state index in [0.717, 1.165) is 30.3 Å². The Morgan fingerprint density at radius 3 is 2.71 bits per heavy atom. The molecule has 0 unspecified atom stereocenters. The van der Waals surface area contributed by atoms with Gasteiger partial charge in [0.15, 0.2) is 0 Å². The first-order chi connectivity index (χ1) is 10.4. The fourth-order valence-electron chi connectivity index (χ4n) is 2.58. The first kappa shape index (κ1) is 13.7. The van der Waals surface area contributed by atoms with Crippen LogP contribution in [0.3, 0.4) is 0 Å². The third-order valence-electron chi connectivity index (χ3n) is 3.67. The largest absolute Gasteiger partial charge is 0.495 e. The van der Waals surface area contributed by atoms with Crippen molar-refractivity contribution in [3.05, 3.63) is 36.5 Å². The van der Waals surface area contributed by atoms with Gasteiger partial charge in [0.2, 0.25) is 5.95 Å². The van der Waals surface area contributed by atoms with Crippen molar-refractivity contribution in [2.75, 3.05) is 30.4 Å². The summed E-state index contributed by atoms with van der Waals surface area (Å²) in [5.74, 6) is 2.37. The minimum absolute atomic E-state index is 0.600. The summed E-state index contributed by atoms with van der Waals surface area (Å²) < 4.78 is 5.34. The van der Waals surface area contributed by atoms with Crippen LogP contribution in [0.5, 0.6) is 5.75 Å². The summed E-state index contributed by atoms with van der Waals surface area (Å²) in [5, 5.41) is 3.23. The smallest absolute Gasteiger partial charge is 0.229 e. The predicted molar refractivity (Wildman–Crippen MR) is 84.4 cm³/mol. The molecule has 21 heavy (non-hydrogen) atoms. The van der Waals surface area contributed by atoms with Crippen LogP contribution in [0, 0.1) is 0 Å². The molecule has 0 radical (unpaired) electrons. The van der Waals surface area contributed by atoms with Crippen molar-refractivity contribution in [3.63, 3.8) is 0 Å². The molecule has 0 saturated carbocycles. The van der Waals surface area contributed by atoms with Crippen LogP contribution in [0.4, 0.5) is 17.5 Å². The van der Waals surface area contributed by atoms with E-state index in [-0.39, 0.29) is 0 Å². The lowest BCUT2D eigenvalue weighted by Crippen LogP contribution is -2.30. The summed E-state index contributed by atoms with van der Waals surface area (Å²) in [6, 6.07) is 9.74. The lowest BCUT2D eigenvalue weighted by molar-refractivity contribution is 0.417. The number of para-hydroxylation sites is 2. The average molecular weight is 284 g/mol. The molecule has 1 aliphatic heterocycles. The summed E-state index contributed by atoms with van der Waals surface area (Å²) in [7, 11) is 1.66. The Morgan fingerprint density at radius 1 is 1.10 bits per heavy atom. The van der Waals surface area contributed by atoms with Gasteiger partial charge in [-0.15, -0.1) is 0 Å². The SMILES string of the molecule is COc1ccccc1Nc1nccc(N2CCCCC2)n1. The van der Waals surface area contributed by atoms with Crippen molar-refractivity contribution in [2.45, 2.75) is 19.3 Å². The molecule has 1 aromatic carbocycles. The van der Waals surface area contributed by atoms with Gasteiger partial charge in [0.25, 0.3) is 0 Å². The molecule has 110 valence electrons. The van der Waals surface area contributed by atoms with Crippen LogP contribution >= 0.6 is 0 Å². The van der Waals surface area contributed by atoms with Crippen molar-refractivity contribution >= 4 is 17.5 Å². The van der Waals surface area contributed by atoms with Crippen molar-refractivity contribution in [2.24, 2.45) is 0 Å². The van der Waals surface area contributed by atoms with Crippen molar-refractivity contribution in [3.8, 4) is 5.75 Å². The van der Waals surface area contributed by atoms with Crippen LogP contribution in [0.15, 0.2) is 36.5 Å². The maximum Gasteiger partial charge on any atom is 0.229 e. The molecule has 1 saturated heterocycles. The van der Waals surface area contributed by atoms with E-state index in [9.17, 15) is 0 Å². The van der Waals surface area contributed by atoms with Crippen LogP contribution in [-0.2, 0) is 0 Å². The maximum atomic E-state index is 5.34. The van der Waals surface area contributed by atoms with Crippen LogP contribution in [0.2, 0.25) is 0 Å². The highest BCUT2D eigenvalue weighted by Crippen LogP contribution is 2.26. The number of methoxy groups -OCH3 is 1. The Hall–Kier alpha value is -2.30. The van der Waals surface area contributed by atoms with Gasteiger partial charge in [0.1, 0.15) is 11.6 Å². The summed E-state index contributed by atoms with van der Waals surface area (Å²) >= 11 is 0. The van der Waals surface area contributed by atoms with E-state index in [2.05, 4.69) is 20.2 Å². The number of aromatic nitrogens is 2. The van der Waals surface area contributed by atoms with Gasteiger partial charge < -0.3 is 15.0 Å². The van der Waals surface area contributed by atoms with Gasteiger partial charge in [-0.2, -0.15) is 4.98 Å². The predicted octanol–water partition coefficient (Wildman–Crippen LogP) is 3.22. The molecule has 0 spiro atoms. The number of piperidine rings is 1. The monoisotopic (exact) mass is 284 g/mol. The topological polar surface area (TPSA) is 50.3 Å². The highest BCUT2D eigenvalue weighted by atomic mass is 16.5. The maximum absolute atomic E-state index is 5.34. The van der Waals surface area contributed by atoms with E-state index in [0.29, 0.717) is 5.95 Å². The number of nitrogens with zero attached hydrogens (tertiary/aromatic N) is 3. The van der Waals surface area contributed by atoms with Gasteiger partial charge in [-0.3, -0.25) is 0 Å². The second-order valence-electron chi connectivity index (χ2n) is 5.11. The zero-order valence-electron chi connectivity index (χ0n) is 12.2. The third kappa shape index (κ3) is 3.24. The second-order valence-corrected chi connectivity index (χ2v) is 5.11. The molecule has 1 fully saturated rings. The Bertz CT molecular complexity index is 596. The Morgan fingerprint density at radius 2 is 1.90 bits per heavy atom. The number of hydrogen-bond donors (Lipinski definition) is 1. The summed E-state index contributed by atoms with van der Waals surface area (Å²) in [6.07, 6.45) is 5.58. The van der Waals surface area contributed by atoms with Gasteiger partial charge in [0, 0.05) is 19.3 Å². The minimum atomic E-state index is 0.600. The van der Waals surface area contributed by atoms with Crippen molar-refractivity contribution in [1.82, 2.24) is 9.97 Å². The number of nitrogens with one attached hydrogen (secondary N) is 1. The fourth-order valence-corrected chi connectivity index (χ4v) is 2.58. The van der Waals surface area contributed by atoms with E-state index in [1.165, 1.54) is 19.3 Å². The van der Waals surface area contributed by atoms with E-state index in [1.807, 2.05) is 30.3 Å². The molecule has 0 bridgehead atoms. The van der Waals surface area contributed by atoms with Gasteiger partial charge in [-0.05, 0) is 37.5 Å². The van der Waals surface area contributed by atoms with E-state index in [1.54, 1.807) is 13.3 Å². The molecule has 5 heteroatoms. The first-order valence-corrected chi connectivity index (χ1v) is 7.35. The molecule has 1 aliphatic rings. The summed E-state index contributed by atoms with van der Waals surface area (Å²) in [6.45, 7) is 2.15. The molecule has 0 atom stereocenters. The van der Waals surface area contributed by atoms with Gasteiger partial charge in [-0.25, -0.2) is 4.98 Å². The van der Waals surface area contributed by atoms with Gasteiger partial charge in [0.05, 0.1) is 12.8 Å². The standard InChI is InChI=1S/C16H20N4O/c1-21-14-8-4-3-7-13(14)18-16-17-10-9-15(19-16)20-11-5-2-6-12-20/h3-4,7-10H,2,5-6,11-12H2,1H3,(H,17,18,19). The lowest BCUT2D eigenvalue weighted by atomic mass is 10.1. The number of benzene rings is 1. The summed E-state index contributed by atoms with van der Waals surface area (Å²) in [5.41, 5.74) is 0.871. The van der Waals surface area contributed by atoms with Crippen LogP contribution < -0.4 is 15.0 Å². The molecule has 1 aromatic heterocycles. The normalized spacial score (nSPS) is 14.8. The van der Waals surface area contributed by atoms with Gasteiger partial charge >= 0.3 is 0 Å². The average Bonchev–Trinajstić information content (AvgIpc) is 2.56. The Labute approximate surface area is 125 Å². The molecule has 2 heterocycles. The second kappa shape index (κ2) is 6.43. The third-order valence-corrected chi connectivity index (χ3v) is 3.67. The highest BCUT2D eigenvalue weighted by Gasteiger charge is 2.13. The fraction of sp³-hybridized carbons (Fsp3) is 0.375. The molecule has 0 aliphatic carbocycles. The van der Waals surface area contributed by atoms with Crippen molar-refractivity contribution in [1.29, 1.82) is 0 Å².